The highest BCUT2D eigenvalue weighted by atomic mass is 14.7. The van der Waals surface area contributed by atoms with Gasteiger partial charge in [0.15, 0.2) is 0 Å². The quantitative estimate of drug-likeness (QED) is 0.702. The SMILES string of the molecule is C1=Nc2ccccc2C1=Cc1ccncc1. The van der Waals surface area contributed by atoms with Crippen LogP contribution in [-0.4, -0.2) is 11.2 Å². The van der Waals surface area contributed by atoms with Crippen LogP contribution in [0.3, 0.4) is 0 Å². The van der Waals surface area contributed by atoms with Gasteiger partial charge in [-0.05, 0) is 29.8 Å². The van der Waals surface area contributed by atoms with Crippen LogP contribution in [0.1, 0.15) is 11.1 Å². The second kappa shape index (κ2) is 3.74. The number of fused-ring (bicyclic) bond motifs is 1. The van der Waals surface area contributed by atoms with Gasteiger partial charge in [-0.25, -0.2) is 0 Å². The van der Waals surface area contributed by atoms with Crippen molar-refractivity contribution in [1.29, 1.82) is 0 Å². The standard InChI is InChI=1S/C14H10N2/c1-2-4-14-13(3-1)12(10-16-14)9-11-5-7-15-8-6-11/h1-10H. The zero-order valence-corrected chi connectivity index (χ0v) is 8.67. The topological polar surface area (TPSA) is 25.2 Å². The molecule has 76 valence electrons. The van der Waals surface area contributed by atoms with Crippen LogP contribution in [0.15, 0.2) is 53.8 Å². The van der Waals surface area contributed by atoms with E-state index in [4.69, 9.17) is 0 Å². The summed E-state index contributed by atoms with van der Waals surface area (Å²) in [6.45, 7) is 0. The smallest absolute Gasteiger partial charge is 0.0708 e. The summed E-state index contributed by atoms with van der Waals surface area (Å²) in [6, 6.07) is 12.1. The Morgan fingerprint density at radius 2 is 1.75 bits per heavy atom. The summed E-state index contributed by atoms with van der Waals surface area (Å²) in [6.07, 6.45) is 7.62. The van der Waals surface area contributed by atoms with E-state index in [9.17, 15) is 0 Å². The maximum absolute atomic E-state index is 4.37. The Balaban J connectivity index is 2.06. The molecule has 0 atom stereocenters. The molecule has 0 aliphatic carbocycles. The van der Waals surface area contributed by atoms with Gasteiger partial charge >= 0.3 is 0 Å². The summed E-state index contributed by atoms with van der Waals surface area (Å²) < 4.78 is 0. The third-order valence-electron chi connectivity index (χ3n) is 2.59. The van der Waals surface area contributed by atoms with E-state index in [2.05, 4.69) is 22.1 Å². The first kappa shape index (κ1) is 9.04. The number of hydrogen-bond acceptors (Lipinski definition) is 2. The van der Waals surface area contributed by atoms with Crippen LogP contribution in [0, 0.1) is 0 Å². The Kier molecular flexibility index (Phi) is 2.11. The Bertz CT molecular complexity index is 568. The average Bonchev–Trinajstić information content (AvgIpc) is 2.74. The van der Waals surface area contributed by atoms with Gasteiger partial charge in [0.1, 0.15) is 0 Å². The second-order valence-corrected chi connectivity index (χ2v) is 3.66. The fourth-order valence-electron chi connectivity index (χ4n) is 1.79. The van der Waals surface area contributed by atoms with Gasteiger partial charge in [-0.2, -0.15) is 0 Å². The van der Waals surface area contributed by atoms with Crippen molar-refractivity contribution in [3.63, 3.8) is 0 Å². The molecule has 1 aromatic heterocycles. The van der Waals surface area contributed by atoms with E-state index in [1.165, 1.54) is 5.56 Å². The Morgan fingerprint density at radius 3 is 2.62 bits per heavy atom. The molecule has 1 aromatic carbocycles. The van der Waals surface area contributed by atoms with Crippen LogP contribution < -0.4 is 0 Å². The fourth-order valence-corrected chi connectivity index (χ4v) is 1.79. The van der Waals surface area contributed by atoms with E-state index in [-0.39, 0.29) is 0 Å². The molecule has 0 spiro atoms. The van der Waals surface area contributed by atoms with Gasteiger partial charge in [0.25, 0.3) is 0 Å². The first-order valence-corrected chi connectivity index (χ1v) is 5.19. The Morgan fingerprint density at radius 1 is 0.938 bits per heavy atom. The maximum Gasteiger partial charge on any atom is 0.0708 e. The molecule has 1 aliphatic heterocycles. The minimum absolute atomic E-state index is 1.04. The number of benzene rings is 1. The molecule has 3 rings (SSSR count). The molecule has 0 unspecified atom stereocenters. The number of allylic oxidation sites excluding steroid dienone is 1. The summed E-state index contributed by atoms with van der Waals surface area (Å²) in [5.41, 5.74) is 4.54. The number of hydrogen-bond donors (Lipinski definition) is 0. The molecule has 0 radical (unpaired) electrons. The summed E-state index contributed by atoms with van der Waals surface area (Å²) in [4.78, 5) is 8.37. The van der Waals surface area contributed by atoms with Crippen molar-refractivity contribution in [2.24, 2.45) is 4.99 Å². The van der Waals surface area contributed by atoms with Gasteiger partial charge in [0, 0.05) is 29.7 Å². The van der Waals surface area contributed by atoms with E-state index in [0.717, 1.165) is 16.8 Å². The van der Waals surface area contributed by atoms with Gasteiger partial charge in [0.05, 0.1) is 5.69 Å². The lowest BCUT2D eigenvalue weighted by Crippen LogP contribution is -1.80. The van der Waals surface area contributed by atoms with Crippen molar-refractivity contribution in [2.75, 3.05) is 0 Å². The van der Waals surface area contributed by atoms with Crippen molar-refractivity contribution in [2.45, 2.75) is 0 Å². The average molecular weight is 206 g/mol. The van der Waals surface area contributed by atoms with Crippen LogP contribution in [0.4, 0.5) is 5.69 Å². The number of aromatic nitrogens is 1. The van der Waals surface area contributed by atoms with Crippen molar-refractivity contribution >= 4 is 23.6 Å². The molecular weight excluding hydrogens is 196 g/mol. The highest BCUT2D eigenvalue weighted by molar-refractivity contribution is 6.21. The third-order valence-corrected chi connectivity index (χ3v) is 2.59. The van der Waals surface area contributed by atoms with Gasteiger partial charge in [-0.1, -0.05) is 18.2 Å². The molecule has 0 saturated carbocycles. The van der Waals surface area contributed by atoms with Crippen molar-refractivity contribution in [3.05, 3.63) is 59.9 Å². The fraction of sp³-hybridized carbons (Fsp3) is 0. The van der Waals surface area contributed by atoms with Crippen LogP contribution >= 0.6 is 0 Å². The normalized spacial score (nSPS) is 15.4. The molecular formula is C14H10N2. The molecule has 0 saturated heterocycles. The number of para-hydroxylation sites is 1. The van der Waals surface area contributed by atoms with Crippen molar-refractivity contribution < 1.29 is 0 Å². The lowest BCUT2D eigenvalue weighted by Gasteiger charge is -1.98. The molecule has 0 N–H and O–H groups in total. The molecule has 0 bridgehead atoms. The molecule has 16 heavy (non-hydrogen) atoms. The first-order valence-electron chi connectivity index (χ1n) is 5.19. The molecule has 0 fully saturated rings. The predicted octanol–water partition coefficient (Wildman–Crippen LogP) is 3.34. The Labute approximate surface area is 94.0 Å². The van der Waals surface area contributed by atoms with E-state index < -0.39 is 0 Å². The Hall–Kier alpha value is -2.22. The van der Waals surface area contributed by atoms with Crippen LogP contribution in [0.25, 0.3) is 11.6 Å². The number of nitrogens with zero attached hydrogens (tertiary/aromatic N) is 2. The van der Waals surface area contributed by atoms with E-state index in [0.29, 0.717) is 0 Å². The largest absolute Gasteiger partial charge is 0.265 e. The van der Waals surface area contributed by atoms with Crippen LogP contribution in [0.5, 0.6) is 0 Å². The monoisotopic (exact) mass is 206 g/mol. The molecule has 0 amide bonds. The summed E-state index contributed by atoms with van der Waals surface area (Å²) >= 11 is 0. The summed E-state index contributed by atoms with van der Waals surface area (Å²) in [5.74, 6) is 0. The molecule has 2 nitrogen and oxygen atoms in total. The lowest BCUT2D eigenvalue weighted by atomic mass is 10.1. The van der Waals surface area contributed by atoms with E-state index in [1.54, 1.807) is 12.4 Å². The summed E-state index contributed by atoms with van der Waals surface area (Å²) in [7, 11) is 0. The molecule has 2 heterocycles. The minimum Gasteiger partial charge on any atom is -0.265 e. The lowest BCUT2D eigenvalue weighted by molar-refractivity contribution is 1.32. The number of pyridine rings is 1. The number of aliphatic imine (C=N–C) groups is 1. The second-order valence-electron chi connectivity index (χ2n) is 3.66. The highest BCUT2D eigenvalue weighted by Gasteiger charge is 2.10. The van der Waals surface area contributed by atoms with Gasteiger partial charge < -0.3 is 0 Å². The predicted molar refractivity (Wildman–Crippen MR) is 66.7 cm³/mol. The highest BCUT2D eigenvalue weighted by Crippen LogP contribution is 2.31. The molecule has 2 aromatic rings. The van der Waals surface area contributed by atoms with Crippen molar-refractivity contribution in [1.82, 2.24) is 4.98 Å². The van der Waals surface area contributed by atoms with Gasteiger partial charge in [-0.3, -0.25) is 9.98 Å². The maximum atomic E-state index is 4.37. The number of rotatable bonds is 1. The van der Waals surface area contributed by atoms with Gasteiger partial charge in [0.2, 0.25) is 0 Å². The molecule has 1 aliphatic rings. The first-order chi connectivity index (χ1) is 7.93. The zero-order valence-electron chi connectivity index (χ0n) is 8.67. The van der Waals surface area contributed by atoms with Crippen molar-refractivity contribution in [3.8, 4) is 0 Å². The summed E-state index contributed by atoms with van der Waals surface area (Å²) in [5, 5.41) is 0. The molecule has 2 heteroatoms. The van der Waals surface area contributed by atoms with E-state index in [1.807, 2.05) is 36.5 Å². The zero-order chi connectivity index (χ0) is 10.8. The third kappa shape index (κ3) is 1.54. The van der Waals surface area contributed by atoms with Crippen LogP contribution in [-0.2, 0) is 0 Å². The minimum atomic E-state index is 1.04. The van der Waals surface area contributed by atoms with E-state index >= 15 is 0 Å². The van der Waals surface area contributed by atoms with Crippen LogP contribution in [0.2, 0.25) is 0 Å². The van der Waals surface area contributed by atoms with Gasteiger partial charge in [-0.15, -0.1) is 0 Å².